The smallest absolute Gasteiger partial charge is 0.351 e. The van der Waals surface area contributed by atoms with E-state index in [1.807, 2.05) is 0 Å². The lowest BCUT2D eigenvalue weighted by atomic mass is 10.0. The Labute approximate surface area is 241 Å². The van der Waals surface area contributed by atoms with Crippen molar-refractivity contribution in [2.45, 2.75) is 194 Å². The van der Waals surface area contributed by atoms with E-state index in [1.165, 1.54) is 128 Å². The van der Waals surface area contributed by atoms with Crippen LogP contribution in [0.25, 0.3) is 0 Å². The molecular weight excluding hydrogens is 488 g/mol. The minimum Gasteiger partial charge on any atom is -0.454 e. The molecule has 0 amide bonds. The molecule has 0 aromatic rings. The second-order valence-corrected chi connectivity index (χ2v) is 11.5. The Morgan fingerprint density at radius 3 is 0.974 bits per heavy atom. The van der Waals surface area contributed by atoms with Crippen LogP contribution in [0.4, 0.5) is 0 Å². The highest BCUT2D eigenvalue weighted by molar-refractivity contribution is 5.87. The molecule has 5 heteroatoms. The first-order chi connectivity index (χ1) is 19.1. The predicted molar refractivity (Wildman–Crippen MR) is 163 cm³/mol. The van der Waals surface area contributed by atoms with Crippen LogP contribution in [0.15, 0.2) is 0 Å². The minimum atomic E-state index is -0.770. The molecule has 0 aliphatic rings. The highest BCUT2D eigenvalue weighted by Crippen LogP contribution is 2.14. The molecule has 39 heavy (non-hydrogen) atoms. The van der Waals surface area contributed by atoms with Gasteiger partial charge in [0, 0.05) is 12.8 Å². The number of carbonyl (C=O) groups is 3. The maximum Gasteiger partial charge on any atom is 0.351 e. The normalized spacial score (nSPS) is 11.0. The molecular formula is C34H64O5. The lowest BCUT2D eigenvalue weighted by Gasteiger charge is -2.06. The third kappa shape index (κ3) is 31.0. The number of rotatable bonds is 30. The van der Waals surface area contributed by atoms with Crippen LogP contribution in [-0.2, 0) is 23.9 Å². The van der Waals surface area contributed by atoms with E-state index < -0.39 is 18.5 Å². The van der Waals surface area contributed by atoms with E-state index in [4.69, 9.17) is 9.47 Å². The van der Waals surface area contributed by atoms with E-state index in [0.717, 1.165) is 38.5 Å². The van der Waals surface area contributed by atoms with E-state index in [-0.39, 0.29) is 12.4 Å². The maximum atomic E-state index is 11.8. The Morgan fingerprint density at radius 2 is 0.641 bits per heavy atom. The number of hydrogen-bond acceptors (Lipinski definition) is 5. The van der Waals surface area contributed by atoms with E-state index in [1.54, 1.807) is 0 Å². The lowest BCUT2D eigenvalue weighted by molar-refractivity contribution is -0.167. The molecule has 0 aromatic carbocycles. The van der Waals surface area contributed by atoms with Crippen molar-refractivity contribution in [1.29, 1.82) is 0 Å². The lowest BCUT2D eigenvalue weighted by Crippen LogP contribution is -2.19. The van der Waals surface area contributed by atoms with E-state index in [2.05, 4.69) is 13.8 Å². The van der Waals surface area contributed by atoms with Gasteiger partial charge in [-0.05, 0) is 12.8 Å². The fourth-order valence-corrected chi connectivity index (χ4v) is 4.99. The van der Waals surface area contributed by atoms with Crippen LogP contribution < -0.4 is 0 Å². The van der Waals surface area contributed by atoms with Gasteiger partial charge in [0.05, 0.1) is 0 Å². The number of unbranched alkanes of at least 4 members (excludes halogenated alkanes) is 24. The van der Waals surface area contributed by atoms with Crippen molar-refractivity contribution >= 4 is 17.9 Å². The molecule has 0 N–H and O–H groups in total. The summed E-state index contributed by atoms with van der Waals surface area (Å²) >= 11 is 0. The van der Waals surface area contributed by atoms with Gasteiger partial charge in [-0.2, -0.15) is 0 Å². The zero-order valence-corrected chi connectivity index (χ0v) is 26.0. The van der Waals surface area contributed by atoms with Crippen LogP contribution in [0.3, 0.4) is 0 Å². The Kier molecular flexibility index (Phi) is 30.0. The molecule has 0 aliphatic heterocycles. The first-order valence-electron chi connectivity index (χ1n) is 17.0. The number of esters is 3. The van der Waals surface area contributed by atoms with Gasteiger partial charge in [0.15, 0.2) is 6.61 Å². The Morgan fingerprint density at radius 1 is 0.359 bits per heavy atom. The van der Waals surface area contributed by atoms with Crippen molar-refractivity contribution in [3.05, 3.63) is 0 Å². The van der Waals surface area contributed by atoms with Crippen molar-refractivity contribution < 1.29 is 23.9 Å². The molecule has 0 atom stereocenters. The third-order valence-corrected chi connectivity index (χ3v) is 7.55. The molecule has 0 rings (SSSR count). The van der Waals surface area contributed by atoms with Crippen LogP contribution >= 0.6 is 0 Å². The molecule has 0 aliphatic carbocycles. The third-order valence-electron chi connectivity index (χ3n) is 7.55. The Bertz CT molecular complexity index is 560. The largest absolute Gasteiger partial charge is 0.454 e. The zero-order valence-electron chi connectivity index (χ0n) is 26.0. The first kappa shape index (κ1) is 37.6. The SMILES string of the molecule is CCCCCCCCCCCCCCCC(=O)OCC(=O)OC(=O)CCCCCCCCCCCCCCC. The molecule has 0 bridgehead atoms. The van der Waals surface area contributed by atoms with E-state index >= 15 is 0 Å². The molecule has 0 fully saturated rings. The van der Waals surface area contributed by atoms with Gasteiger partial charge in [-0.3, -0.25) is 9.59 Å². The Hall–Kier alpha value is -1.39. The molecule has 5 nitrogen and oxygen atoms in total. The van der Waals surface area contributed by atoms with Crippen molar-refractivity contribution in [2.24, 2.45) is 0 Å². The van der Waals surface area contributed by atoms with Crippen molar-refractivity contribution in [2.75, 3.05) is 6.61 Å². The highest BCUT2D eigenvalue weighted by atomic mass is 16.6. The van der Waals surface area contributed by atoms with Crippen molar-refractivity contribution in [1.82, 2.24) is 0 Å². The van der Waals surface area contributed by atoms with E-state index in [9.17, 15) is 14.4 Å². The summed E-state index contributed by atoms with van der Waals surface area (Å²) < 4.78 is 9.74. The van der Waals surface area contributed by atoms with Gasteiger partial charge in [-0.25, -0.2) is 4.79 Å². The van der Waals surface area contributed by atoms with Crippen LogP contribution in [0.2, 0.25) is 0 Å². The topological polar surface area (TPSA) is 69.7 Å². The molecule has 0 saturated carbocycles. The number of ether oxygens (including phenoxy) is 2. The Balaban J connectivity index is 3.41. The second-order valence-electron chi connectivity index (χ2n) is 11.5. The van der Waals surface area contributed by atoms with Crippen LogP contribution in [-0.4, -0.2) is 24.5 Å². The van der Waals surface area contributed by atoms with Gasteiger partial charge in [0.2, 0.25) is 0 Å². The molecule has 0 spiro atoms. The molecule has 230 valence electrons. The standard InChI is InChI=1S/C34H64O5/c1-3-5-7-9-11-13-15-17-19-21-23-25-27-29-32(35)38-31-34(37)39-33(36)30-28-26-24-22-20-18-16-14-12-10-8-6-4-2/h3-31H2,1-2H3. The van der Waals surface area contributed by atoms with Crippen LogP contribution in [0.1, 0.15) is 194 Å². The molecule has 0 aromatic heterocycles. The number of carbonyl (C=O) groups excluding carboxylic acids is 3. The summed E-state index contributed by atoms with van der Waals surface area (Å²) in [5.41, 5.74) is 0. The molecule has 0 heterocycles. The monoisotopic (exact) mass is 552 g/mol. The maximum absolute atomic E-state index is 11.8. The number of hydrogen-bond donors (Lipinski definition) is 0. The van der Waals surface area contributed by atoms with Gasteiger partial charge in [0.1, 0.15) is 0 Å². The van der Waals surface area contributed by atoms with Gasteiger partial charge in [0.25, 0.3) is 0 Å². The minimum absolute atomic E-state index is 0.246. The fraction of sp³-hybridized carbons (Fsp3) is 0.912. The zero-order chi connectivity index (χ0) is 28.7. The summed E-state index contributed by atoms with van der Waals surface area (Å²) in [7, 11) is 0. The average molecular weight is 553 g/mol. The fourth-order valence-electron chi connectivity index (χ4n) is 4.99. The predicted octanol–water partition coefficient (Wildman–Crippen LogP) is 10.6. The van der Waals surface area contributed by atoms with Crippen molar-refractivity contribution in [3.63, 3.8) is 0 Å². The van der Waals surface area contributed by atoms with Gasteiger partial charge in [-0.1, -0.05) is 168 Å². The van der Waals surface area contributed by atoms with Crippen LogP contribution in [0, 0.1) is 0 Å². The average Bonchev–Trinajstić information content (AvgIpc) is 2.92. The summed E-state index contributed by atoms with van der Waals surface area (Å²) in [6.45, 7) is 4.04. The summed E-state index contributed by atoms with van der Waals surface area (Å²) in [5, 5.41) is 0. The molecule has 0 unspecified atom stereocenters. The van der Waals surface area contributed by atoms with Gasteiger partial charge >= 0.3 is 17.9 Å². The van der Waals surface area contributed by atoms with Crippen molar-refractivity contribution in [3.8, 4) is 0 Å². The quantitative estimate of drug-likeness (QED) is 0.0503. The molecule has 0 saturated heterocycles. The summed E-state index contributed by atoms with van der Waals surface area (Å²) in [5.74, 6) is -1.68. The molecule has 0 radical (unpaired) electrons. The van der Waals surface area contributed by atoms with E-state index in [0.29, 0.717) is 6.42 Å². The highest BCUT2D eigenvalue weighted by Gasteiger charge is 2.13. The van der Waals surface area contributed by atoms with Gasteiger partial charge < -0.3 is 9.47 Å². The first-order valence-corrected chi connectivity index (χ1v) is 17.0. The van der Waals surface area contributed by atoms with Crippen LogP contribution in [0.5, 0.6) is 0 Å². The second kappa shape index (κ2) is 31.1. The summed E-state index contributed by atoms with van der Waals surface area (Å²) in [6, 6.07) is 0. The van der Waals surface area contributed by atoms with Gasteiger partial charge in [-0.15, -0.1) is 0 Å². The summed E-state index contributed by atoms with van der Waals surface area (Å²) in [6.07, 6.45) is 33.0. The summed E-state index contributed by atoms with van der Waals surface area (Å²) in [4.78, 5) is 35.4.